The first-order valence-corrected chi connectivity index (χ1v) is 6.74. The monoisotopic (exact) mass is 258 g/mol. The first kappa shape index (κ1) is 13.9. The predicted octanol–water partition coefficient (Wildman–Crippen LogP) is 3.03. The van der Waals surface area contributed by atoms with E-state index >= 15 is 0 Å². The third-order valence-corrected chi connectivity index (χ3v) is 3.98. The van der Waals surface area contributed by atoms with E-state index in [1.54, 1.807) is 7.11 Å². The molecule has 19 heavy (non-hydrogen) atoms. The number of hydrogen-bond donors (Lipinski definition) is 0. The minimum atomic E-state index is 0.0765. The van der Waals surface area contributed by atoms with E-state index in [4.69, 9.17) is 4.74 Å². The van der Waals surface area contributed by atoms with Crippen LogP contribution in [0.25, 0.3) is 0 Å². The second kappa shape index (κ2) is 5.22. The van der Waals surface area contributed by atoms with Crippen molar-refractivity contribution in [2.45, 2.75) is 32.2 Å². The van der Waals surface area contributed by atoms with Crippen molar-refractivity contribution in [1.29, 1.82) is 5.26 Å². The molecule has 0 amide bonds. The van der Waals surface area contributed by atoms with Crippen LogP contribution in [0.1, 0.15) is 32.3 Å². The minimum Gasteiger partial charge on any atom is -0.497 e. The van der Waals surface area contributed by atoms with Crippen LogP contribution in [0.5, 0.6) is 5.75 Å². The minimum absolute atomic E-state index is 0.0765. The van der Waals surface area contributed by atoms with E-state index in [-0.39, 0.29) is 11.5 Å². The number of ether oxygens (including phenoxy) is 1. The van der Waals surface area contributed by atoms with Gasteiger partial charge in [-0.1, -0.05) is 12.1 Å². The molecule has 1 heterocycles. The van der Waals surface area contributed by atoms with Gasteiger partial charge in [0, 0.05) is 24.5 Å². The third-order valence-electron chi connectivity index (χ3n) is 3.98. The lowest BCUT2D eigenvalue weighted by atomic mass is 9.90. The SMILES string of the molecule is COc1ccc([C@@H]2CN(C(C)(C)C)C[C@H]2C#N)cc1. The average Bonchev–Trinajstić information content (AvgIpc) is 2.83. The number of benzene rings is 1. The molecule has 0 saturated carbocycles. The summed E-state index contributed by atoms with van der Waals surface area (Å²) in [6, 6.07) is 10.6. The number of rotatable bonds is 2. The Balaban J connectivity index is 2.21. The van der Waals surface area contributed by atoms with Gasteiger partial charge in [0.1, 0.15) is 5.75 Å². The smallest absolute Gasteiger partial charge is 0.118 e. The van der Waals surface area contributed by atoms with Crippen molar-refractivity contribution in [2.24, 2.45) is 5.92 Å². The van der Waals surface area contributed by atoms with Gasteiger partial charge in [0.2, 0.25) is 0 Å². The fourth-order valence-corrected chi connectivity index (χ4v) is 2.67. The summed E-state index contributed by atoms with van der Waals surface area (Å²) in [5.41, 5.74) is 1.36. The van der Waals surface area contributed by atoms with Crippen molar-refractivity contribution < 1.29 is 4.74 Å². The van der Waals surface area contributed by atoms with Crippen LogP contribution in [0.15, 0.2) is 24.3 Å². The van der Waals surface area contributed by atoms with Crippen molar-refractivity contribution >= 4 is 0 Å². The van der Waals surface area contributed by atoms with Crippen molar-refractivity contribution in [3.05, 3.63) is 29.8 Å². The summed E-state index contributed by atoms with van der Waals surface area (Å²) in [5, 5.41) is 9.38. The van der Waals surface area contributed by atoms with E-state index in [1.165, 1.54) is 5.56 Å². The van der Waals surface area contributed by atoms with Gasteiger partial charge in [-0.15, -0.1) is 0 Å². The molecule has 0 radical (unpaired) electrons. The van der Waals surface area contributed by atoms with Gasteiger partial charge in [0.15, 0.2) is 0 Å². The summed E-state index contributed by atoms with van der Waals surface area (Å²) in [5.74, 6) is 1.24. The topological polar surface area (TPSA) is 36.3 Å². The van der Waals surface area contributed by atoms with E-state index in [0.29, 0.717) is 5.92 Å². The Morgan fingerprint density at radius 3 is 2.32 bits per heavy atom. The highest BCUT2D eigenvalue weighted by molar-refractivity contribution is 5.32. The van der Waals surface area contributed by atoms with Crippen LogP contribution in [-0.2, 0) is 0 Å². The van der Waals surface area contributed by atoms with Gasteiger partial charge in [-0.3, -0.25) is 4.90 Å². The number of hydrogen-bond acceptors (Lipinski definition) is 3. The molecule has 0 spiro atoms. The molecule has 1 aromatic carbocycles. The summed E-state index contributed by atoms with van der Waals surface area (Å²) in [6.45, 7) is 8.43. The molecule has 0 aliphatic carbocycles. The molecule has 1 saturated heterocycles. The summed E-state index contributed by atoms with van der Waals surface area (Å²) in [7, 11) is 1.67. The Labute approximate surface area is 115 Å². The summed E-state index contributed by atoms with van der Waals surface area (Å²) >= 11 is 0. The first-order chi connectivity index (χ1) is 8.95. The number of nitrogens with zero attached hydrogens (tertiary/aromatic N) is 2. The Bertz CT molecular complexity index is 467. The quantitative estimate of drug-likeness (QED) is 0.818. The maximum Gasteiger partial charge on any atom is 0.118 e. The molecule has 1 aromatic rings. The van der Waals surface area contributed by atoms with Crippen LogP contribution in [0, 0.1) is 17.2 Å². The Morgan fingerprint density at radius 1 is 1.21 bits per heavy atom. The molecule has 0 N–H and O–H groups in total. The molecule has 0 unspecified atom stereocenters. The lowest BCUT2D eigenvalue weighted by molar-refractivity contribution is 0.170. The highest BCUT2D eigenvalue weighted by Crippen LogP contribution is 2.36. The molecule has 1 aliphatic heterocycles. The van der Waals surface area contributed by atoms with E-state index in [0.717, 1.165) is 18.8 Å². The Hall–Kier alpha value is -1.53. The maximum atomic E-state index is 9.38. The molecule has 102 valence electrons. The van der Waals surface area contributed by atoms with E-state index in [2.05, 4.69) is 43.9 Å². The van der Waals surface area contributed by atoms with Gasteiger partial charge in [-0.25, -0.2) is 0 Å². The molecular formula is C16H22N2O. The fraction of sp³-hybridized carbons (Fsp3) is 0.562. The van der Waals surface area contributed by atoms with Gasteiger partial charge >= 0.3 is 0 Å². The van der Waals surface area contributed by atoms with Gasteiger partial charge < -0.3 is 4.74 Å². The lowest BCUT2D eigenvalue weighted by Crippen LogP contribution is -2.39. The maximum absolute atomic E-state index is 9.38. The molecule has 0 bridgehead atoms. The average molecular weight is 258 g/mol. The fourth-order valence-electron chi connectivity index (χ4n) is 2.67. The largest absolute Gasteiger partial charge is 0.497 e. The van der Waals surface area contributed by atoms with Gasteiger partial charge in [-0.05, 0) is 38.5 Å². The summed E-state index contributed by atoms with van der Waals surface area (Å²) < 4.78 is 5.18. The molecule has 2 atom stereocenters. The van der Waals surface area contributed by atoms with Crippen LogP contribution < -0.4 is 4.74 Å². The van der Waals surface area contributed by atoms with Gasteiger partial charge in [-0.2, -0.15) is 5.26 Å². The summed E-state index contributed by atoms with van der Waals surface area (Å²) in [4.78, 5) is 2.40. The molecule has 3 heteroatoms. The molecule has 1 fully saturated rings. The van der Waals surface area contributed by atoms with Crippen LogP contribution in [0.2, 0.25) is 0 Å². The molecule has 2 rings (SSSR count). The Morgan fingerprint density at radius 2 is 1.84 bits per heavy atom. The zero-order valence-electron chi connectivity index (χ0n) is 12.2. The molecule has 0 aromatic heterocycles. The molecule has 3 nitrogen and oxygen atoms in total. The zero-order chi connectivity index (χ0) is 14.0. The van der Waals surface area contributed by atoms with Crippen LogP contribution >= 0.6 is 0 Å². The molecular weight excluding hydrogens is 236 g/mol. The van der Waals surface area contributed by atoms with E-state index in [9.17, 15) is 5.26 Å². The van der Waals surface area contributed by atoms with Gasteiger partial charge in [0.05, 0.1) is 19.1 Å². The predicted molar refractivity (Wildman–Crippen MR) is 76.2 cm³/mol. The second-order valence-corrected chi connectivity index (χ2v) is 6.19. The number of nitriles is 1. The standard InChI is InChI=1S/C16H22N2O/c1-16(2,3)18-10-13(9-17)15(11-18)12-5-7-14(19-4)8-6-12/h5-8,13,15H,10-11H2,1-4H3/t13-,15+/m1/s1. The number of likely N-dealkylation sites (tertiary alicyclic amines) is 1. The highest BCUT2D eigenvalue weighted by Gasteiger charge is 2.38. The zero-order valence-corrected chi connectivity index (χ0v) is 12.2. The lowest BCUT2D eigenvalue weighted by Gasteiger charge is -2.31. The van der Waals surface area contributed by atoms with Crippen LogP contribution in [0.4, 0.5) is 0 Å². The highest BCUT2D eigenvalue weighted by atomic mass is 16.5. The Kier molecular flexibility index (Phi) is 3.82. The normalized spacial score (nSPS) is 24.2. The van der Waals surface area contributed by atoms with E-state index < -0.39 is 0 Å². The van der Waals surface area contributed by atoms with Crippen molar-refractivity contribution in [3.63, 3.8) is 0 Å². The van der Waals surface area contributed by atoms with Crippen molar-refractivity contribution in [1.82, 2.24) is 4.90 Å². The van der Waals surface area contributed by atoms with Crippen molar-refractivity contribution in [2.75, 3.05) is 20.2 Å². The van der Waals surface area contributed by atoms with Gasteiger partial charge in [0.25, 0.3) is 0 Å². The van der Waals surface area contributed by atoms with E-state index in [1.807, 2.05) is 12.1 Å². The van der Waals surface area contributed by atoms with Crippen LogP contribution in [-0.4, -0.2) is 30.6 Å². The second-order valence-electron chi connectivity index (χ2n) is 6.19. The first-order valence-electron chi connectivity index (χ1n) is 6.74. The third kappa shape index (κ3) is 2.90. The summed E-state index contributed by atoms with van der Waals surface area (Å²) in [6.07, 6.45) is 0. The molecule has 1 aliphatic rings. The van der Waals surface area contributed by atoms with Crippen molar-refractivity contribution in [3.8, 4) is 11.8 Å². The van der Waals surface area contributed by atoms with Crippen LogP contribution in [0.3, 0.4) is 0 Å². The number of methoxy groups -OCH3 is 1.